The van der Waals surface area contributed by atoms with E-state index in [0.717, 1.165) is 13.1 Å². The van der Waals surface area contributed by atoms with Crippen LogP contribution in [0.1, 0.15) is 40.5 Å². The maximum Gasteiger partial charge on any atom is 0.276 e. The highest BCUT2D eigenvalue weighted by Crippen LogP contribution is 2.14. The van der Waals surface area contributed by atoms with E-state index in [4.69, 9.17) is 0 Å². The Bertz CT molecular complexity index is 334. The van der Waals surface area contributed by atoms with Crippen LogP contribution in [0.5, 0.6) is 0 Å². The van der Waals surface area contributed by atoms with E-state index in [1.807, 2.05) is 13.8 Å². The molecule has 102 valence electrons. The lowest BCUT2D eigenvalue weighted by molar-refractivity contribution is -0.900. The number of nitriles is 1. The molecular formula is C14H26N3O+. The van der Waals surface area contributed by atoms with Gasteiger partial charge in [-0.3, -0.25) is 4.79 Å². The maximum absolute atomic E-state index is 12.0. The Hall–Kier alpha value is -1.08. The number of quaternary nitrogens is 1. The van der Waals surface area contributed by atoms with Crippen LogP contribution in [0.4, 0.5) is 0 Å². The number of carbonyl (C=O) groups is 1. The molecule has 1 heterocycles. The molecule has 0 saturated carbocycles. The van der Waals surface area contributed by atoms with Crippen molar-refractivity contribution in [2.24, 2.45) is 11.8 Å². The van der Waals surface area contributed by atoms with E-state index >= 15 is 0 Å². The van der Waals surface area contributed by atoms with Gasteiger partial charge in [0.1, 0.15) is 5.54 Å². The summed E-state index contributed by atoms with van der Waals surface area (Å²) in [5.74, 6) is 0.813. The lowest BCUT2D eigenvalue weighted by Crippen LogP contribution is -3.14. The number of nitrogens with one attached hydrogen (secondary N) is 2. The standard InChI is InChI=1S/C14H25N3O/c1-11(2)14(4,10-15)16-13(18)9-17-7-5-6-12(3)8-17/h11-12H,5-9H2,1-4H3,(H,16,18)/p+1/t12-,14-/m0/s1. The lowest BCUT2D eigenvalue weighted by atomic mass is 9.90. The number of rotatable bonds is 4. The lowest BCUT2D eigenvalue weighted by Gasteiger charge is -2.30. The van der Waals surface area contributed by atoms with Crippen LogP contribution < -0.4 is 10.2 Å². The van der Waals surface area contributed by atoms with E-state index in [9.17, 15) is 10.1 Å². The van der Waals surface area contributed by atoms with Gasteiger partial charge < -0.3 is 10.2 Å². The summed E-state index contributed by atoms with van der Waals surface area (Å²) in [6.45, 7) is 10.6. The first-order valence-electron chi connectivity index (χ1n) is 6.93. The summed E-state index contributed by atoms with van der Waals surface area (Å²) in [7, 11) is 0. The number of carbonyl (C=O) groups excluding carboxylic acids is 1. The predicted octanol–water partition coefficient (Wildman–Crippen LogP) is 0.356. The zero-order valence-corrected chi connectivity index (χ0v) is 12.0. The van der Waals surface area contributed by atoms with E-state index in [1.54, 1.807) is 6.92 Å². The number of nitrogens with zero attached hydrogens (tertiary/aromatic N) is 1. The van der Waals surface area contributed by atoms with Crippen LogP contribution >= 0.6 is 0 Å². The van der Waals surface area contributed by atoms with Crippen molar-refractivity contribution in [2.45, 2.75) is 46.1 Å². The molecule has 1 unspecified atom stereocenters. The van der Waals surface area contributed by atoms with Crippen LogP contribution in [0, 0.1) is 23.2 Å². The molecule has 1 saturated heterocycles. The molecule has 4 heteroatoms. The molecule has 0 spiro atoms. The van der Waals surface area contributed by atoms with Crippen LogP contribution in [-0.4, -0.2) is 31.1 Å². The molecule has 1 aliphatic rings. The molecular weight excluding hydrogens is 226 g/mol. The van der Waals surface area contributed by atoms with Gasteiger partial charge in [0, 0.05) is 5.92 Å². The monoisotopic (exact) mass is 252 g/mol. The first-order valence-corrected chi connectivity index (χ1v) is 6.93. The van der Waals surface area contributed by atoms with Gasteiger partial charge in [-0.15, -0.1) is 0 Å². The Balaban J connectivity index is 2.48. The normalized spacial score (nSPS) is 27.3. The number of hydrogen-bond acceptors (Lipinski definition) is 2. The van der Waals surface area contributed by atoms with Gasteiger partial charge in [-0.05, 0) is 25.7 Å². The molecule has 18 heavy (non-hydrogen) atoms. The highest BCUT2D eigenvalue weighted by molar-refractivity contribution is 5.78. The molecule has 3 atom stereocenters. The molecule has 0 aromatic carbocycles. The summed E-state index contributed by atoms with van der Waals surface area (Å²) in [6, 6.07) is 2.21. The van der Waals surface area contributed by atoms with Crippen molar-refractivity contribution in [1.82, 2.24) is 5.32 Å². The fourth-order valence-corrected chi connectivity index (χ4v) is 2.42. The third kappa shape index (κ3) is 3.99. The first kappa shape index (κ1) is 15.0. The molecule has 1 rings (SSSR count). The van der Waals surface area contributed by atoms with Crippen molar-refractivity contribution in [3.05, 3.63) is 0 Å². The van der Waals surface area contributed by atoms with E-state index in [2.05, 4.69) is 18.3 Å². The van der Waals surface area contributed by atoms with Crippen LogP contribution in [0.2, 0.25) is 0 Å². The number of likely N-dealkylation sites (tertiary alicyclic amines) is 1. The van der Waals surface area contributed by atoms with Gasteiger partial charge in [-0.25, -0.2) is 0 Å². The minimum atomic E-state index is -0.752. The highest BCUT2D eigenvalue weighted by Gasteiger charge is 2.31. The molecule has 1 fully saturated rings. The second-order valence-electron chi connectivity index (χ2n) is 6.15. The molecule has 1 amide bonds. The zero-order valence-electron chi connectivity index (χ0n) is 12.0. The van der Waals surface area contributed by atoms with Gasteiger partial charge >= 0.3 is 0 Å². The van der Waals surface area contributed by atoms with E-state index < -0.39 is 5.54 Å². The van der Waals surface area contributed by atoms with Gasteiger partial charge in [0.15, 0.2) is 6.54 Å². The predicted molar refractivity (Wildman–Crippen MR) is 71.0 cm³/mol. The molecule has 0 radical (unpaired) electrons. The fraction of sp³-hybridized carbons (Fsp3) is 0.857. The van der Waals surface area contributed by atoms with Crippen LogP contribution in [0.3, 0.4) is 0 Å². The molecule has 1 aliphatic heterocycles. The fourth-order valence-electron chi connectivity index (χ4n) is 2.42. The molecule has 2 N–H and O–H groups in total. The van der Waals surface area contributed by atoms with Crippen molar-refractivity contribution in [3.63, 3.8) is 0 Å². The van der Waals surface area contributed by atoms with Gasteiger partial charge in [0.05, 0.1) is 19.2 Å². The number of amides is 1. The Morgan fingerprint density at radius 3 is 2.78 bits per heavy atom. The summed E-state index contributed by atoms with van der Waals surface area (Å²) in [5, 5.41) is 12.1. The van der Waals surface area contributed by atoms with Crippen molar-refractivity contribution < 1.29 is 9.69 Å². The van der Waals surface area contributed by atoms with Gasteiger partial charge in [-0.1, -0.05) is 20.8 Å². The SMILES string of the molecule is CC(C)[C@](C)(C#N)NC(=O)C[NH+]1CCC[C@H](C)C1. The molecule has 0 aromatic rings. The smallest absolute Gasteiger partial charge is 0.276 e. The third-order valence-corrected chi connectivity index (χ3v) is 4.06. The van der Waals surface area contributed by atoms with E-state index in [1.165, 1.54) is 17.7 Å². The Morgan fingerprint density at radius 2 is 2.28 bits per heavy atom. The maximum atomic E-state index is 12.0. The van der Waals surface area contributed by atoms with Gasteiger partial charge in [0.25, 0.3) is 5.91 Å². The second kappa shape index (κ2) is 6.19. The van der Waals surface area contributed by atoms with Crippen molar-refractivity contribution in [1.29, 1.82) is 5.26 Å². The summed E-state index contributed by atoms with van der Waals surface area (Å²) >= 11 is 0. The van der Waals surface area contributed by atoms with Crippen LogP contribution in [-0.2, 0) is 4.79 Å². The summed E-state index contributed by atoms with van der Waals surface area (Å²) in [5.41, 5.74) is -0.752. The summed E-state index contributed by atoms with van der Waals surface area (Å²) < 4.78 is 0. The third-order valence-electron chi connectivity index (χ3n) is 4.06. The van der Waals surface area contributed by atoms with Crippen molar-refractivity contribution >= 4 is 5.91 Å². The molecule has 0 aromatic heterocycles. The topological polar surface area (TPSA) is 57.3 Å². The Morgan fingerprint density at radius 1 is 1.61 bits per heavy atom. The van der Waals surface area contributed by atoms with E-state index in [-0.39, 0.29) is 11.8 Å². The minimum absolute atomic E-state index is 0.00292. The molecule has 0 bridgehead atoms. The average molecular weight is 252 g/mol. The molecule has 0 aliphatic carbocycles. The van der Waals surface area contributed by atoms with Gasteiger partial charge in [0.2, 0.25) is 0 Å². The Kier molecular flexibility index (Phi) is 5.15. The quantitative estimate of drug-likeness (QED) is 0.759. The highest BCUT2D eigenvalue weighted by atomic mass is 16.2. The average Bonchev–Trinajstić information content (AvgIpc) is 2.28. The van der Waals surface area contributed by atoms with Crippen molar-refractivity contribution in [2.75, 3.05) is 19.6 Å². The second-order valence-corrected chi connectivity index (χ2v) is 6.15. The van der Waals surface area contributed by atoms with Crippen molar-refractivity contribution in [3.8, 4) is 6.07 Å². The summed E-state index contributed by atoms with van der Waals surface area (Å²) in [4.78, 5) is 13.4. The van der Waals surface area contributed by atoms with Gasteiger partial charge in [-0.2, -0.15) is 5.26 Å². The van der Waals surface area contributed by atoms with Crippen LogP contribution in [0.15, 0.2) is 0 Å². The number of piperidine rings is 1. The summed E-state index contributed by atoms with van der Waals surface area (Å²) in [6.07, 6.45) is 2.47. The Labute approximate surface area is 110 Å². The van der Waals surface area contributed by atoms with Crippen LogP contribution in [0.25, 0.3) is 0 Å². The minimum Gasteiger partial charge on any atom is -0.333 e. The van der Waals surface area contributed by atoms with E-state index in [0.29, 0.717) is 12.5 Å². The largest absolute Gasteiger partial charge is 0.333 e. The zero-order chi connectivity index (χ0) is 13.8. The first-order chi connectivity index (χ1) is 8.37. The molecule has 4 nitrogen and oxygen atoms in total. The number of hydrogen-bond donors (Lipinski definition) is 2.